The fourth-order valence-electron chi connectivity index (χ4n) is 4.04. The van der Waals surface area contributed by atoms with Gasteiger partial charge in [-0.25, -0.2) is 4.85 Å². The van der Waals surface area contributed by atoms with Crippen LogP contribution in [0.2, 0.25) is 10.0 Å². The quantitative estimate of drug-likeness (QED) is 0.174. The van der Waals surface area contributed by atoms with E-state index in [1.165, 1.54) is 26.0 Å². The summed E-state index contributed by atoms with van der Waals surface area (Å²) in [5.41, 5.74) is -1.14. The third-order valence-corrected chi connectivity index (χ3v) is 7.11. The molecule has 2 heterocycles. The fraction of sp³-hybridized carbons (Fsp3) is 0.357. The Labute approximate surface area is 251 Å². The van der Waals surface area contributed by atoms with Gasteiger partial charge in [-0.1, -0.05) is 49.9 Å². The lowest BCUT2D eigenvalue weighted by Crippen LogP contribution is -2.22. The fourth-order valence-corrected chi connectivity index (χ4v) is 4.43. The summed E-state index contributed by atoms with van der Waals surface area (Å²) in [5.74, 6) is -0.841. The van der Waals surface area contributed by atoms with Gasteiger partial charge in [0.05, 0.1) is 16.6 Å². The minimum absolute atomic E-state index is 0.0463. The predicted octanol–water partition coefficient (Wildman–Crippen LogP) is 8.20. The molecule has 0 radical (unpaired) electrons. The molecule has 0 amide bonds. The maximum Gasteiger partial charge on any atom is 0.281 e. The van der Waals surface area contributed by atoms with E-state index in [9.17, 15) is 25.1 Å². The highest BCUT2D eigenvalue weighted by atomic mass is 35.5. The summed E-state index contributed by atoms with van der Waals surface area (Å²) in [6.45, 7) is 14.7. The molecule has 218 valence electrons. The number of aromatic hydroxyl groups is 2. The number of nitriles is 1. The van der Waals surface area contributed by atoms with Gasteiger partial charge in [-0.15, -0.1) is 20.5 Å². The van der Waals surface area contributed by atoms with Crippen LogP contribution in [0, 0.1) is 31.8 Å². The highest BCUT2D eigenvalue weighted by Crippen LogP contribution is 2.39. The van der Waals surface area contributed by atoms with Crippen LogP contribution in [-0.2, 0) is 13.1 Å². The van der Waals surface area contributed by atoms with Crippen LogP contribution >= 0.6 is 23.2 Å². The van der Waals surface area contributed by atoms with E-state index in [0.717, 1.165) is 22.0 Å². The summed E-state index contributed by atoms with van der Waals surface area (Å²) in [6.07, 6.45) is 2.74. The second kappa shape index (κ2) is 13.9. The predicted molar refractivity (Wildman–Crippen MR) is 160 cm³/mol. The summed E-state index contributed by atoms with van der Waals surface area (Å²) in [6, 6.07) is 4.58. The molecule has 0 unspecified atom stereocenters. The molecule has 0 spiro atoms. The van der Waals surface area contributed by atoms with Crippen molar-refractivity contribution in [2.45, 2.75) is 66.5 Å². The molecule has 0 fully saturated rings. The first-order valence-electron chi connectivity index (χ1n) is 13.0. The molecule has 3 aromatic rings. The van der Waals surface area contributed by atoms with Crippen molar-refractivity contribution < 1.29 is 10.2 Å². The van der Waals surface area contributed by atoms with Crippen molar-refractivity contribution in [1.29, 1.82) is 5.26 Å². The summed E-state index contributed by atoms with van der Waals surface area (Å²) >= 11 is 12.8. The van der Waals surface area contributed by atoms with Crippen LogP contribution in [0.15, 0.2) is 42.2 Å². The lowest BCUT2D eigenvalue weighted by atomic mass is 10.1. The normalized spacial score (nSPS) is 11.3. The molecule has 14 heteroatoms. The number of benzene rings is 1. The molecule has 42 heavy (non-hydrogen) atoms. The lowest BCUT2D eigenvalue weighted by molar-refractivity contribution is 0.399. The van der Waals surface area contributed by atoms with E-state index in [1.54, 1.807) is 0 Å². The monoisotopic (exact) mass is 610 g/mol. The van der Waals surface area contributed by atoms with Crippen molar-refractivity contribution in [1.82, 2.24) is 9.13 Å². The number of nitrogens with zero attached hydrogens (tertiary/aromatic N) is 8. The molecule has 0 saturated heterocycles. The standard InChI is InChI=1S/C28H28Cl2N8O4/c1-6-8-10-37-25(39)17(14-31)15(3)23(27(37)41)35-33-20-12-19(30)21(13-18(20)29)34-36-24-16(4)22(32-5)26(40)38(28(24)42)11-9-7-2/h12-13,39-40H,6-11H2,1-4H3. The van der Waals surface area contributed by atoms with Crippen molar-refractivity contribution in [2.75, 3.05) is 0 Å². The van der Waals surface area contributed by atoms with E-state index >= 15 is 0 Å². The van der Waals surface area contributed by atoms with Gasteiger partial charge in [0.15, 0.2) is 11.6 Å². The van der Waals surface area contributed by atoms with Gasteiger partial charge >= 0.3 is 0 Å². The molecule has 0 aliphatic rings. The average Bonchev–Trinajstić information content (AvgIpc) is 2.95. The minimum atomic E-state index is -0.610. The first-order chi connectivity index (χ1) is 20.0. The van der Waals surface area contributed by atoms with Crippen molar-refractivity contribution in [2.24, 2.45) is 20.5 Å². The maximum absolute atomic E-state index is 13.0. The zero-order chi connectivity index (χ0) is 31.1. The maximum atomic E-state index is 13.0. The van der Waals surface area contributed by atoms with Crippen LogP contribution < -0.4 is 11.1 Å². The van der Waals surface area contributed by atoms with Crippen LogP contribution in [-0.4, -0.2) is 19.3 Å². The molecule has 3 rings (SSSR count). The molecule has 2 N–H and O–H groups in total. The molecule has 0 aliphatic heterocycles. The molecule has 0 aliphatic carbocycles. The Morgan fingerprint density at radius 2 is 1.31 bits per heavy atom. The van der Waals surface area contributed by atoms with Gasteiger partial charge in [0.2, 0.25) is 11.6 Å². The van der Waals surface area contributed by atoms with E-state index in [-0.39, 0.29) is 68.3 Å². The third kappa shape index (κ3) is 6.35. The van der Waals surface area contributed by atoms with E-state index in [4.69, 9.17) is 29.8 Å². The number of pyridine rings is 2. The molecule has 0 atom stereocenters. The number of hydrogen-bond acceptors (Lipinski definition) is 9. The number of aromatic nitrogens is 2. The Morgan fingerprint density at radius 1 is 0.857 bits per heavy atom. The van der Waals surface area contributed by atoms with Gasteiger partial charge in [-0.05, 0) is 44.4 Å². The Balaban J connectivity index is 2.04. The largest absolute Gasteiger partial charge is 0.503 e. The van der Waals surface area contributed by atoms with Crippen molar-refractivity contribution in [3.8, 4) is 17.8 Å². The second-order valence-corrected chi connectivity index (χ2v) is 10.1. The Hall–Kier alpha value is -4.52. The highest BCUT2D eigenvalue weighted by Gasteiger charge is 2.21. The van der Waals surface area contributed by atoms with E-state index in [0.29, 0.717) is 12.8 Å². The van der Waals surface area contributed by atoms with Gasteiger partial charge < -0.3 is 10.2 Å². The lowest BCUT2D eigenvalue weighted by Gasteiger charge is -2.13. The molecular weight excluding hydrogens is 583 g/mol. The van der Waals surface area contributed by atoms with Crippen molar-refractivity contribution in [3.05, 3.63) is 71.0 Å². The van der Waals surface area contributed by atoms with Crippen LogP contribution in [0.4, 0.5) is 28.4 Å². The van der Waals surface area contributed by atoms with Gasteiger partial charge in [-0.3, -0.25) is 18.7 Å². The molecule has 0 bridgehead atoms. The summed E-state index contributed by atoms with van der Waals surface area (Å²) < 4.78 is 2.18. The zero-order valence-corrected chi connectivity index (χ0v) is 25.0. The molecule has 0 saturated carbocycles. The highest BCUT2D eigenvalue weighted by molar-refractivity contribution is 6.36. The first kappa shape index (κ1) is 32.0. The molecule has 2 aromatic heterocycles. The van der Waals surface area contributed by atoms with Gasteiger partial charge in [0.1, 0.15) is 28.7 Å². The van der Waals surface area contributed by atoms with Crippen molar-refractivity contribution in [3.63, 3.8) is 0 Å². The second-order valence-electron chi connectivity index (χ2n) is 9.32. The number of azo groups is 2. The van der Waals surface area contributed by atoms with E-state index in [2.05, 4.69) is 25.3 Å². The van der Waals surface area contributed by atoms with Crippen LogP contribution in [0.5, 0.6) is 11.8 Å². The van der Waals surface area contributed by atoms with E-state index in [1.807, 2.05) is 19.9 Å². The van der Waals surface area contributed by atoms with E-state index < -0.39 is 22.9 Å². The van der Waals surface area contributed by atoms with Gasteiger partial charge in [0.25, 0.3) is 11.1 Å². The SMILES string of the molecule is [C-]#[N+]c1c(C)c(N=Nc2cc(Cl)c(N=Nc3c(C)c(C#N)c(O)n(CCCC)c3=O)cc2Cl)c(=O)n(CCCC)c1O. The van der Waals surface area contributed by atoms with Crippen LogP contribution in [0.25, 0.3) is 4.85 Å². The zero-order valence-electron chi connectivity index (χ0n) is 23.4. The number of hydrogen-bond donors (Lipinski definition) is 2. The molecule has 1 aromatic carbocycles. The Morgan fingerprint density at radius 3 is 1.74 bits per heavy atom. The average molecular weight is 611 g/mol. The number of halogens is 2. The van der Waals surface area contributed by atoms with Crippen LogP contribution in [0.3, 0.4) is 0 Å². The topological polar surface area (TPSA) is 162 Å². The molecule has 12 nitrogen and oxygen atoms in total. The number of unbranched alkanes of at least 4 members (excludes halogenated alkanes) is 2. The summed E-state index contributed by atoms with van der Waals surface area (Å²) in [7, 11) is 0. The minimum Gasteiger partial charge on any atom is -0.503 e. The van der Waals surface area contributed by atoms with Crippen molar-refractivity contribution >= 4 is 51.6 Å². The van der Waals surface area contributed by atoms with Crippen LogP contribution in [0.1, 0.15) is 56.2 Å². The molecular formula is C28H28Cl2N8O4. The smallest absolute Gasteiger partial charge is 0.281 e. The first-order valence-corrected chi connectivity index (χ1v) is 13.8. The Bertz CT molecular complexity index is 1670. The van der Waals surface area contributed by atoms with Gasteiger partial charge in [-0.2, -0.15) is 5.26 Å². The summed E-state index contributed by atoms with van der Waals surface area (Å²) in [5, 5.41) is 46.7. The third-order valence-electron chi connectivity index (χ3n) is 6.51. The summed E-state index contributed by atoms with van der Waals surface area (Å²) in [4.78, 5) is 29.4. The number of rotatable bonds is 10. The Kier molecular flexibility index (Phi) is 10.6. The van der Waals surface area contributed by atoms with Gasteiger partial charge in [0, 0.05) is 18.7 Å².